The van der Waals surface area contributed by atoms with E-state index in [1.54, 1.807) is 6.20 Å². The van der Waals surface area contributed by atoms with Gasteiger partial charge in [0.2, 0.25) is 0 Å². The molecule has 0 bridgehead atoms. The molecular formula is C21H15F4N5O2. The van der Waals surface area contributed by atoms with Gasteiger partial charge in [0.25, 0.3) is 5.91 Å². The standard InChI is InChI=1S/C21H15F4N5O2/c1-32-18-11-30(15-4-2-3-13(9-15)21(23,24)25)28-19(18)20(31)27-14-5-6-17(16(22)10-14)29-8-7-26-12-29/h2-12H,1H3,(H,27,31). The van der Waals surface area contributed by atoms with E-state index in [1.807, 2.05) is 0 Å². The number of carbonyl (C=O) groups excluding carboxylic acids is 1. The van der Waals surface area contributed by atoms with Gasteiger partial charge < -0.3 is 14.6 Å². The smallest absolute Gasteiger partial charge is 0.416 e. The molecule has 0 unspecified atom stereocenters. The van der Waals surface area contributed by atoms with Crippen LogP contribution in [0.2, 0.25) is 0 Å². The van der Waals surface area contributed by atoms with Gasteiger partial charge in [-0.2, -0.15) is 18.3 Å². The van der Waals surface area contributed by atoms with Crippen molar-refractivity contribution in [1.82, 2.24) is 19.3 Å². The Kier molecular flexibility index (Phi) is 5.39. The lowest BCUT2D eigenvalue weighted by Gasteiger charge is -2.09. The number of aromatic nitrogens is 4. The largest absolute Gasteiger partial charge is 0.493 e. The fraction of sp³-hybridized carbons (Fsp3) is 0.0952. The van der Waals surface area contributed by atoms with Gasteiger partial charge in [0.05, 0.1) is 36.6 Å². The molecule has 1 N–H and O–H groups in total. The molecule has 0 aliphatic carbocycles. The van der Waals surface area contributed by atoms with Gasteiger partial charge in [0, 0.05) is 18.1 Å². The zero-order valence-electron chi connectivity index (χ0n) is 16.5. The Morgan fingerprint density at radius 1 is 1.16 bits per heavy atom. The topological polar surface area (TPSA) is 74.0 Å². The highest BCUT2D eigenvalue weighted by Gasteiger charge is 2.30. The van der Waals surface area contributed by atoms with Crippen molar-refractivity contribution in [2.45, 2.75) is 6.18 Å². The third-order valence-corrected chi connectivity index (χ3v) is 4.54. The van der Waals surface area contributed by atoms with Crippen molar-refractivity contribution in [3.05, 3.63) is 84.5 Å². The van der Waals surface area contributed by atoms with Crippen molar-refractivity contribution in [3.63, 3.8) is 0 Å². The quantitative estimate of drug-likeness (QED) is 0.460. The molecular weight excluding hydrogens is 430 g/mol. The van der Waals surface area contributed by atoms with Gasteiger partial charge in [0.15, 0.2) is 11.4 Å². The van der Waals surface area contributed by atoms with Crippen molar-refractivity contribution in [3.8, 4) is 17.1 Å². The van der Waals surface area contributed by atoms with E-state index >= 15 is 0 Å². The molecule has 0 fully saturated rings. The van der Waals surface area contributed by atoms with E-state index < -0.39 is 23.5 Å². The third-order valence-electron chi connectivity index (χ3n) is 4.54. The highest BCUT2D eigenvalue weighted by atomic mass is 19.4. The molecule has 32 heavy (non-hydrogen) atoms. The second kappa shape index (κ2) is 8.17. The van der Waals surface area contributed by atoms with Crippen LogP contribution in [0, 0.1) is 5.82 Å². The van der Waals surface area contributed by atoms with Crippen LogP contribution in [0.25, 0.3) is 11.4 Å². The fourth-order valence-electron chi connectivity index (χ4n) is 3.01. The minimum Gasteiger partial charge on any atom is -0.493 e. The summed E-state index contributed by atoms with van der Waals surface area (Å²) in [5.41, 5.74) is -0.542. The Labute approximate surface area is 178 Å². The lowest BCUT2D eigenvalue weighted by Crippen LogP contribution is -2.14. The van der Waals surface area contributed by atoms with E-state index in [0.717, 1.165) is 22.9 Å². The number of rotatable bonds is 5. The minimum atomic E-state index is -4.53. The lowest BCUT2D eigenvalue weighted by atomic mass is 10.2. The molecule has 2 heterocycles. The number of benzene rings is 2. The maximum atomic E-state index is 14.4. The summed E-state index contributed by atoms with van der Waals surface area (Å²) in [6.07, 6.45) is 1.26. The predicted octanol–water partition coefficient (Wildman–Crippen LogP) is 4.48. The van der Waals surface area contributed by atoms with Crippen LogP contribution in [0.4, 0.5) is 23.2 Å². The summed E-state index contributed by atoms with van der Waals surface area (Å²) in [6, 6.07) is 8.56. The van der Waals surface area contributed by atoms with Gasteiger partial charge >= 0.3 is 6.18 Å². The Balaban J connectivity index is 1.60. The van der Waals surface area contributed by atoms with Crippen LogP contribution in [-0.4, -0.2) is 32.3 Å². The van der Waals surface area contributed by atoms with Crippen LogP contribution >= 0.6 is 0 Å². The number of hydrogen-bond donors (Lipinski definition) is 1. The van der Waals surface area contributed by atoms with Crippen molar-refractivity contribution in [2.24, 2.45) is 0 Å². The molecule has 0 aliphatic heterocycles. The number of halogens is 4. The number of imidazole rings is 1. The molecule has 164 valence electrons. The summed E-state index contributed by atoms with van der Waals surface area (Å²) in [5.74, 6) is -1.28. The molecule has 0 radical (unpaired) electrons. The summed E-state index contributed by atoms with van der Waals surface area (Å²) < 4.78 is 61.2. The van der Waals surface area contributed by atoms with Crippen LogP contribution in [0.5, 0.6) is 5.75 Å². The van der Waals surface area contributed by atoms with Crippen molar-refractivity contribution in [1.29, 1.82) is 0 Å². The normalized spacial score (nSPS) is 11.4. The lowest BCUT2D eigenvalue weighted by molar-refractivity contribution is -0.137. The predicted molar refractivity (Wildman–Crippen MR) is 107 cm³/mol. The first-order valence-electron chi connectivity index (χ1n) is 9.17. The van der Waals surface area contributed by atoms with E-state index in [-0.39, 0.29) is 28.5 Å². The van der Waals surface area contributed by atoms with E-state index in [1.165, 1.54) is 54.7 Å². The van der Waals surface area contributed by atoms with E-state index in [4.69, 9.17) is 4.74 Å². The average molecular weight is 445 g/mol. The summed E-state index contributed by atoms with van der Waals surface area (Å²) in [6.45, 7) is 0. The summed E-state index contributed by atoms with van der Waals surface area (Å²) >= 11 is 0. The van der Waals surface area contributed by atoms with E-state index in [0.29, 0.717) is 0 Å². The molecule has 2 aromatic heterocycles. The van der Waals surface area contributed by atoms with Gasteiger partial charge in [-0.15, -0.1) is 0 Å². The van der Waals surface area contributed by atoms with Crippen LogP contribution < -0.4 is 10.1 Å². The van der Waals surface area contributed by atoms with Crippen molar-refractivity contribution < 1.29 is 27.1 Å². The number of amides is 1. The Bertz CT molecular complexity index is 1270. The highest BCUT2D eigenvalue weighted by molar-refractivity contribution is 6.04. The van der Waals surface area contributed by atoms with Crippen LogP contribution in [0.15, 0.2) is 67.4 Å². The second-order valence-corrected chi connectivity index (χ2v) is 6.63. The maximum absolute atomic E-state index is 14.4. The number of nitrogens with zero attached hydrogens (tertiary/aromatic N) is 4. The molecule has 0 spiro atoms. The van der Waals surface area contributed by atoms with Crippen LogP contribution in [0.1, 0.15) is 16.1 Å². The minimum absolute atomic E-state index is 0.0374. The van der Waals surface area contributed by atoms with E-state index in [9.17, 15) is 22.4 Å². The van der Waals surface area contributed by atoms with Crippen LogP contribution in [-0.2, 0) is 6.18 Å². The monoisotopic (exact) mass is 445 g/mol. The van der Waals surface area contributed by atoms with E-state index in [2.05, 4.69) is 15.4 Å². The molecule has 0 aliphatic rings. The summed E-state index contributed by atoms with van der Waals surface area (Å²) in [5, 5.41) is 6.56. The van der Waals surface area contributed by atoms with Gasteiger partial charge in [-0.25, -0.2) is 14.1 Å². The van der Waals surface area contributed by atoms with Crippen molar-refractivity contribution >= 4 is 11.6 Å². The van der Waals surface area contributed by atoms with Crippen LogP contribution in [0.3, 0.4) is 0 Å². The molecule has 0 atom stereocenters. The average Bonchev–Trinajstić information content (AvgIpc) is 3.43. The van der Waals surface area contributed by atoms with Gasteiger partial charge in [-0.1, -0.05) is 6.07 Å². The summed E-state index contributed by atoms with van der Waals surface area (Å²) in [4.78, 5) is 16.6. The van der Waals surface area contributed by atoms with Gasteiger partial charge in [-0.3, -0.25) is 4.79 Å². The first kappa shape index (κ1) is 21.1. The van der Waals surface area contributed by atoms with Gasteiger partial charge in [0.1, 0.15) is 5.82 Å². The first-order chi connectivity index (χ1) is 15.3. The SMILES string of the molecule is COc1cn(-c2cccc(C(F)(F)F)c2)nc1C(=O)Nc1ccc(-n2ccnc2)c(F)c1. The molecule has 0 saturated carbocycles. The number of carbonyl (C=O) groups is 1. The number of methoxy groups -OCH3 is 1. The Morgan fingerprint density at radius 3 is 2.62 bits per heavy atom. The number of hydrogen-bond acceptors (Lipinski definition) is 4. The Morgan fingerprint density at radius 2 is 1.97 bits per heavy atom. The highest BCUT2D eigenvalue weighted by Crippen LogP contribution is 2.31. The molecule has 7 nitrogen and oxygen atoms in total. The second-order valence-electron chi connectivity index (χ2n) is 6.63. The number of alkyl halides is 3. The maximum Gasteiger partial charge on any atom is 0.416 e. The zero-order chi connectivity index (χ0) is 22.9. The zero-order valence-corrected chi connectivity index (χ0v) is 16.5. The van der Waals surface area contributed by atoms with Gasteiger partial charge in [-0.05, 0) is 36.4 Å². The first-order valence-corrected chi connectivity index (χ1v) is 9.17. The molecule has 1 amide bonds. The molecule has 2 aromatic carbocycles. The molecule has 0 saturated heterocycles. The number of ether oxygens (including phenoxy) is 1. The number of anilines is 1. The molecule has 4 rings (SSSR count). The fourth-order valence-corrected chi connectivity index (χ4v) is 3.01. The summed E-state index contributed by atoms with van der Waals surface area (Å²) in [7, 11) is 1.30. The third kappa shape index (κ3) is 4.17. The number of nitrogens with one attached hydrogen (secondary N) is 1. The molecule has 4 aromatic rings. The van der Waals surface area contributed by atoms with Crippen molar-refractivity contribution in [2.75, 3.05) is 12.4 Å². The molecule has 11 heteroatoms. The Hall–Kier alpha value is -4.15.